The molecule has 1 aromatic heterocycles. The fourth-order valence-electron chi connectivity index (χ4n) is 1.93. The maximum atomic E-state index is 12.6. The zero-order chi connectivity index (χ0) is 15.2. The fraction of sp³-hybridized carbons (Fsp3) is 0. The van der Waals surface area contributed by atoms with E-state index in [-0.39, 0.29) is 9.92 Å². The average molecular weight is 405 g/mol. The molecule has 0 saturated carbocycles. The molecule has 2 heterocycles. The number of hydrogen-bond acceptors (Lipinski definition) is 5. The second kappa shape index (κ2) is 5.40. The summed E-state index contributed by atoms with van der Waals surface area (Å²) in [5.41, 5.74) is 0.484. The normalized spacial score (nSPS) is 14.4. The Hall–Kier alpha value is -0.865. The van der Waals surface area contributed by atoms with Gasteiger partial charge in [-0.25, -0.2) is 8.42 Å². The summed E-state index contributed by atoms with van der Waals surface area (Å²) in [6.07, 6.45) is 1.41. The maximum Gasteiger partial charge on any atom is 0.485 e. The van der Waals surface area contributed by atoms with Crippen molar-refractivity contribution in [1.82, 2.24) is 4.33 Å². The standard InChI is InChI=1S/C11H7BBrClN2O3S2/c13-11-5-7-9(20-11)6-15-16(12(7)17)21(18,19)10-4-2-1-3-8(10)14/h1-6,17H. The predicted octanol–water partition coefficient (Wildman–Crippen LogP) is 1.89. The molecule has 1 aliphatic heterocycles. The van der Waals surface area contributed by atoms with Gasteiger partial charge in [-0.1, -0.05) is 23.7 Å². The number of nitrogens with zero attached hydrogens (tertiary/aromatic N) is 2. The van der Waals surface area contributed by atoms with E-state index in [1.165, 1.54) is 29.7 Å². The van der Waals surface area contributed by atoms with Crippen molar-refractivity contribution in [3.63, 3.8) is 0 Å². The van der Waals surface area contributed by atoms with Gasteiger partial charge in [0.15, 0.2) is 0 Å². The molecule has 10 heteroatoms. The molecule has 0 radical (unpaired) electrons. The van der Waals surface area contributed by atoms with E-state index in [2.05, 4.69) is 21.0 Å². The van der Waals surface area contributed by atoms with E-state index in [1.54, 1.807) is 18.2 Å². The average Bonchev–Trinajstić information content (AvgIpc) is 2.80. The molecule has 0 aliphatic carbocycles. The maximum absolute atomic E-state index is 12.6. The molecule has 0 fully saturated rings. The van der Waals surface area contributed by atoms with Gasteiger partial charge >= 0.3 is 7.05 Å². The minimum Gasteiger partial charge on any atom is -0.427 e. The zero-order valence-corrected chi connectivity index (χ0v) is 14.2. The lowest BCUT2D eigenvalue weighted by atomic mass is 9.75. The third-order valence-electron chi connectivity index (χ3n) is 2.90. The van der Waals surface area contributed by atoms with Gasteiger partial charge in [-0.2, -0.15) is 9.43 Å². The van der Waals surface area contributed by atoms with Crippen molar-refractivity contribution in [1.29, 1.82) is 0 Å². The Kier molecular flexibility index (Phi) is 3.87. The van der Waals surface area contributed by atoms with Crippen LogP contribution in [0.5, 0.6) is 0 Å². The second-order valence-corrected chi connectivity index (χ2v) is 8.83. The number of halogens is 2. The first-order chi connectivity index (χ1) is 9.91. The van der Waals surface area contributed by atoms with Crippen LogP contribution in [0, 0.1) is 0 Å². The molecule has 0 saturated heterocycles. The summed E-state index contributed by atoms with van der Waals surface area (Å²) in [6.45, 7) is 0. The number of rotatable bonds is 2. The predicted molar refractivity (Wildman–Crippen MR) is 87.7 cm³/mol. The summed E-state index contributed by atoms with van der Waals surface area (Å²) in [7, 11) is -5.41. The molecule has 108 valence electrons. The first kappa shape index (κ1) is 15.0. The third-order valence-corrected chi connectivity index (χ3v) is 6.63. The van der Waals surface area contributed by atoms with Crippen LogP contribution in [0.2, 0.25) is 5.02 Å². The summed E-state index contributed by atoms with van der Waals surface area (Å²) < 4.78 is 26.6. The molecule has 0 atom stereocenters. The minimum atomic E-state index is -4.03. The topological polar surface area (TPSA) is 70.0 Å². The molecule has 3 rings (SSSR count). The molecule has 2 aromatic rings. The molecule has 1 N–H and O–H groups in total. The Bertz CT molecular complexity index is 840. The van der Waals surface area contributed by atoms with E-state index < -0.39 is 17.1 Å². The SMILES string of the molecule is O=S(=O)(c1ccccc1Cl)N1N=Cc2sc(Br)cc2B1O. The Morgan fingerprint density at radius 2 is 2.10 bits per heavy atom. The van der Waals surface area contributed by atoms with Crippen LogP contribution in [0.15, 0.2) is 44.1 Å². The highest BCUT2D eigenvalue weighted by atomic mass is 79.9. The lowest BCUT2D eigenvalue weighted by Gasteiger charge is -2.24. The summed E-state index contributed by atoms with van der Waals surface area (Å²) in [5, 5.41) is 14.2. The molecule has 0 amide bonds. The molecular weight excluding hydrogens is 398 g/mol. The largest absolute Gasteiger partial charge is 0.485 e. The minimum absolute atomic E-state index is 0.0807. The van der Waals surface area contributed by atoms with Crippen LogP contribution in [-0.2, 0) is 10.0 Å². The quantitative estimate of drug-likeness (QED) is 0.776. The van der Waals surface area contributed by atoms with Gasteiger partial charge in [-0.05, 0) is 39.6 Å². The molecule has 0 unspecified atom stereocenters. The Morgan fingerprint density at radius 1 is 1.38 bits per heavy atom. The number of sulfonamides is 1. The Balaban J connectivity index is 2.08. The van der Waals surface area contributed by atoms with Crippen molar-refractivity contribution >= 4 is 67.6 Å². The van der Waals surface area contributed by atoms with E-state index in [4.69, 9.17) is 11.6 Å². The zero-order valence-electron chi connectivity index (χ0n) is 10.3. The molecule has 21 heavy (non-hydrogen) atoms. The van der Waals surface area contributed by atoms with Gasteiger partial charge in [0.05, 0.1) is 15.0 Å². The van der Waals surface area contributed by atoms with Crippen LogP contribution in [0.25, 0.3) is 0 Å². The van der Waals surface area contributed by atoms with E-state index >= 15 is 0 Å². The molecular formula is C11H7BBrClN2O3S2. The van der Waals surface area contributed by atoms with Crippen LogP contribution in [-0.4, -0.2) is 31.0 Å². The summed E-state index contributed by atoms with van der Waals surface area (Å²) in [5.74, 6) is 0. The van der Waals surface area contributed by atoms with Crippen molar-refractivity contribution in [3.8, 4) is 0 Å². The van der Waals surface area contributed by atoms with Crippen LogP contribution in [0.4, 0.5) is 0 Å². The first-order valence-corrected chi connectivity index (χ1v) is 9.14. The van der Waals surface area contributed by atoms with Crippen LogP contribution >= 0.6 is 38.9 Å². The lowest BCUT2D eigenvalue weighted by Crippen LogP contribution is -2.51. The number of thiophene rings is 1. The van der Waals surface area contributed by atoms with Crippen molar-refractivity contribution in [3.05, 3.63) is 44.0 Å². The summed E-state index contributed by atoms with van der Waals surface area (Å²) in [4.78, 5) is 0.612. The summed E-state index contributed by atoms with van der Waals surface area (Å²) >= 11 is 10.6. The van der Waals surface area contributed by atoms with Gasteiger partial charge in [0.25, 0.3) is 10.0 Å². The highest BCUT2D eigenvalue weighted by molar-refractivity contribution is 9.11. The fourth-order valence-corrected chi connectivity index (χ4v) is 5.22. The molecule has 0 bridgehead atoms. The second-order valence-electron chi connectivity index (χ2n) is 4.20. The van der Waals surface area contributed by atoms with Crippen molar-refractivity contribution in [2.45, 2.75) is 4.90 Å². The van der Waals surface area contributed by atoms with Crippen LogP contribution < -0.4 is 5.46 Å². The number of fused-ring (bicyclic) bond motifs is 1. The van der Waals surface area contributed by atoms with E-state index in [0.29, 0.717) is 14.7 Å². The van der Waals surface area contributed by atoms with Crippen LogP contribution in [0.3, 0.4) is 0 Å². The molecule has 0 spiro atoms. The molecule has 5 nitrogen and oxygen atoms in total. The first-order valence-electron chi connectivity index (χ1n) is 5.71. The number of hydrogen-bond donors (Lipinski definition) is 1. The Labute approximate surface area is 139 Å². The van der Waals surface area contributed by atoms with E-state index in [0.717, 1.165) is 3.79 Å². The number of hydrazone groups is 1. The van der Waals surface area contributed by atoms with E-state index in [9.17, 15) is 13.4 Å². The highest BCUT2D eigenvalue weighted by Gasteiger charge is 2.39. The third kappa shape index (κ3) is 2.53. The molecule has 1 aliphatic rings. The van der Waals surface area contributed by atoms with Gasteiger partial charge < -0.3 is 5.02 Å². The molecule has 1 aromatic carbocycles. The summed E-state index contributed by atoms with van der Waals surface area (Å²) in [6, 6.07) is 7.71. The van der Waals surface area contributed by atoms with Crippen molar-refractivity contribution in [2.24, 2.45) is 5.10 Å². The van der Waals surface area contributed by atoms with Gasteiger partial charge in [-0.15, -0.1) is 11.3 Å². The van der Waals surface area contributed by atoms with Gasteiger partial charge in [0, 0.05) is 4.88 Å². The van der Waals surface area contributed by atoms with Gasteiger partial charge in [-0.3, -0.25) is 0 Å². The monoisotopic (exact) mass is 404 g/mol. The smallest absolute Gasteiger partial charge is 0.427 e. The highest BCUT2D eigenvalue weighted by Crippen LogP contribution is 2.28. The van der Waals surface area contributed by atoms with Crippen molar-refractivity contribution < 1.29 is 13.4 Å². The van der Waals surface area contributed by atoms with Crippen LogP contribution in [0.1, 0.15) is 4.88 Å². The lowest BCUT2D eigenvalue weighted by molar-refractivity contribution is 0.476. The van der Waals surface area contributed by atoms with Gasteiger partial charge in [0.2, 0.25) is 0 Å². The van der Waals surface area contributed by atoms with E-state index in [1.807, 2.05) is 0 Å². The van der Waals surface area contributed by atoms with Crippen molar-refractivity contribution in [2.75, 3.05) is 0 Å². The van der Waals surface area contributed by atoms with Gasteiger partial charge in [0.1, 0.15) is 4.90 Å². The number of benzene rings is 1. The Morgan fingerprint density at radius 3 is 2.81 bits per heavy atom.